The molecule has 196 valence electrons. The smallest absolute Gasteiger partial charge is 0.426 e. The molecule has 3 aromatic rings. The Labute approximate surface area is 218 Å². The lowest BCUT2D eigenvalue weighted by atomic mass is 9.76. The maximum Gasteiger partial charge on any atom is 0.475 e. The third-order valence-corrected chi connectivity index (χ3v) is 5.70. The number of benzene rings is 2. The van der Waals surface area contributed by atoms with Crippen molar-refractivity contribution in [1.82, 2.24) is 15.6 Å². The second-order valence-electron chi connectivity index (χ2n) is 8.70. The van der Waals surface area contributed by atoms with Crippen LogP contribution in [0.25, 0.3) is 11.6 Å². The van der Waals surface area contributed by atoms with Crippen LogP contribution in [0.3, 0.4) is 0 Å². The highest BCUT2D eigenvalue weighted by atomic mass is 19.4. The number of aromatic nitrogens is 1. The zero-order chi connectivity index (χ0) is 27.7. The summed E-state index contributed by atoms with van der Waals surface area (Å²) in [6.07, 6.45) is -1.61. The maximum atomic E-state index is 12.8. The van der Waals surface area contributed by atoms with Gasteiger partial charge in [-0.15, -0.1) is 0 Å². The Kier molecular flexibility index (Phi) is 9.65. The highest BCUT2D eigenvalue weighted by Crippen LogP contribution is 2.29. The molecule has 0 saturated carbocycles. The third kappa shape index (κ3) is 8.47. The first-order valence-electron chi connectivity index (χ1n) is 11.8. The number of aryl methyl sites for hydroxylation is 1. The second kappa shape index (κ2) is 12.9. The Morgan fingerprint density at radius 2 is 1.87 bits per heavy atom. The van der Waals surface area contributed by atoms with Crippen LogP contribution in [0.15, 0.2) is 66.9 Å². The second-order valence-corrected chi connectivity index (χ2v) is 8.70. The van der Waals surface area contributed by atoms with E-state index in [1.807, 2.05) is 43.3 Å². The summed E-state index contributed by atoms with van der Waals surface area (Å²) in [4.78, 5) is 16.1. The normalized spacial score (nSPS) is 12.4. The van der Waals surface area contributed by atoms with Crippen LogP contribution in [-0.2, 0) is 19.0 Å². The number of halogens is 3. The van der Waals surface area contributed by atoms with Crippen molar-refractivity contribution in [3.8, 4) is 6.07 Å². The van der Waals surface area contributed by atoms with Gasteiger partial charge in [0.15, 0.2) is 0 Å². The molecule has 4 N–H and O–H groups in total. The number of nitriles is 1. The van der Waals surface area contributed by atoms with Gasteiger partial charge in [-0.1, -0.05) is 54.1 Å². The monoisotopic (exact) mass is 522 g/mol. The number of allylic oxidation sites excluding steroid dienone is 1. The van der Waals surface area contributed by atoms with E-state index in [-0.39, 0.29) is 24.2 Å². The lowest BCUT2D eigenvalue weighted by molar-refractivity contribution is -0.137. The van der Waals surface area contributed by atoms with Crippen molar-refractivity contribution in [3.63, 3.8) is 0 Å². The lowest BCUT2D eigenvalue weighted by Crippen LogP contribution is -2.51. The van der Waals surface area contributed by atoms with Crippen molar-refractivity contribution in [2.75, 3.05) is 6.54 Å². The van der Waals surface area contributed by atoms with Gasteiger partial charge >= 0.3 is 19.3 Å². The maximum absolute atomic E-state index is 12.8. The van der Waals surface area contributed by atoms with E-state index in [4.69, 9.17) is 0 Å². The molecule has 1 heterocycles. The van der Waals surface area contributed by atoms with E-state index >= 15 is 0 Å². The van der Waals surface area contributed by atoms with E-state index in [1.165, 1.54) is 6.08 Å². The molecular weight excluding hydrogens is 496 g/mol. The Hall–Kier alpha value is -4.14. The molecule has 0 bridgehead atoms. The Balaban J connectivity index is 1.57. The summed E-state index contributed by atoms with van der Waals surface area (Å²) in [6, 6.07) is 18.1. The average molecular weight is 522 g/mol. The first-order valence-corrected chi connectivity index (χ1v) is 11.8. The fourth-order valence-corrected chi connectivity index (χ4v) is 3.64. The van der Waals surface area contributed by atoms with Crippen LogP contribution in [0.5, 0.6) is 0 Å². The van der Waals surface area contributed by atoms with Crippen LogP contribution in [0.1, 0.15) is 33.5 Å². The number of alkyl halides is 3. The van der Waals surface area contributed by atoms with Crippen molar-refractivity contribution in [2.45, 2.75) is 31.9 Å². The molecular formula is C27H26BF3N4O3. The van der Waals surface area contributed by atoms with Crippen LogP contribution < -0.4 is 10.6 Å². The summed E-state index contributed by atoms with van der Waals surface area (Å²) in [5, 5.41) is 34.1. The quantitative estimate of drug-likeness (QED) is 0.251. The molecule has 0 spiro atoms. The van der Waals surface area contributed by atoms with Gasteiger partial charge in [-0.05, 0) is 54.7 Å². The number of hydrogen-bond acceptors (Lipinski definition) is 5. The molecule has 7 nitrogen and oxygen atoms in total. The molecule has 1 unspecified atom stereocenters. The topological polar surface area (TPSA) is 118 Å². The Morgan fingerprint density at radius 3 is 2.47 bits per heavy atom. The molecule has 0 radical (unpaired) electrons. The highest BCUT2D eigenvalue weighted by Gasteiger charge is 2.30. The fourth-order valence-electron chi connectivity index (χ4n) is 3.64. The highest BCUT2D eigenvalue weighted by molar-refractivity contribution is 6.43. The van der Waals surface area contributed by atoms with Gasteiger partial charge < -0.3 is 20.7 Å². The molecule has 38 heavy (non-hydrogen) atoms. The molecule has 0 aliphatic heterocycles. The van der Waals surface area contributed by atoms with Gasteiger partial charge in [-0.2, -0.15) is 18.4 Å². The van der Waals surface area contributed by atoms with Gasteiger partial charge in [0, 0.05) is 12.7 Å². The first-order chi connectivity index (χ1) is 18.0. The van der Waals surface area contributed by atoms with Crippen LogP contribution in [-0.4, -0.2) is 40.7 Å². The number of urea groups is 1. The minimum Gasteiger partial charge on any atom is -0.426 e. The van der Waals surface area contributed by atoms with Crippen LogP contribution >= 0.6 is 0 Å². The number of amides is 2. The van der Waals surface area contributed by atoms with Crippen molar-refractivity contribution in [2.24, 2.45) is 0 Å². The summed E-state index contributed by atoms with van der Waals surface area (Å²) in [7, 11) is -1.74. The van der Waals surface area contributed by atoms with Gasteiger partial charge in [-0.25, -0.2) is 4.79 Å². The average Bonchev–Trinajstić information content (AvgIpc) is 2.88. The standard InChI is InChI=1S/C27H26BF3N4O3/c1-18-5-7-20(8-6-18)15-25(28(37)38)35-26(36)33-12-11-19-3-2-4-21(13-19)14-22(16-32)24-10-9-23(17-34-24)27(29,30)31/h2-10,13-14,17,25,37-38H,11-12,15H2,1H3,(H2,33,35,36)/b22-14+. The Bertz CT molecular complexity index is 1300. The molecule has 1 atom stereocenters. The molecule has 1 aromatic heterocycles. The summed E-state index contributed by atoms with van der Waals surface area (Å²) in [5.41, 5.74) is 2.74. The molecule has 0 aliphatic carbocycles. The van der Waals surface area contributed by atoms with Crippen LogP contribution in [0.2, 0.25) is 0 Å². The molecule has 0 fully saturated rings. The van der Waals surface area contributed by atoms with E-state index in [1.54, 1.807) is 18.2 Å². The number of carbonyl (C=O) groups is 1. The van der Waals surface area contributed by atoms with Crippen LogP contribution in [0, 0.1) is 18.3 Å². The summed E-state index contributed by atoms with van der Waals surface area (Å²) in [6.45, 7) is 2.20. The van der Waals surface area contributed by atoms with Crippen molar-refractivity contribution >= 4 is 24.8 Å². The summed E-state index contributed by atoms with van der Waals surface area (Å²) < 4.78 is 38.3. The number of pyridine rings is 1. The van der Waals surface area contributed by atoms with E-state index in [9.17, 15) is 33.3 Å². The lowest BCUT2D eigenvalue weighted by Gasteiger charge is -2.18. The van der Waals surface area contributed by atoms with Crippen molar-refractivity contribution in [1.29, 1.82) is 5.26 Å². The van der Waals surface area contributed by atoms with Gasteiger partial charge in [-0.3, -0.25) is 4.98 Å². The summed E-state index contributed by atoms with van der Waals surface area (Å²) in [5.74, 6) is -0.894. The minimum atomic E-state index is -4.51. The van der Waals surface area contributed by atoms with Crippen molar-refractivity contribution in [3.05, 3.63) is 100 Å². The molecule has 0 aliphatic rings. The molecule has 11 heteroatoms. The molecule has 3 rings (SSSR count). The van der Waals surface area contributed by atoms with E-state index in [0.29, 0.717) is 18.2 Å². The third-order valence-electron chi connectivity index (χ3n) is 5.70. The largest absolute Gasteiger partial charge is 0.475 e. The minimum absolute atomic E-state index is 0.107. The zero-order valence-corrected chi connectivity index (χ0v) is 20.5. The SMILES string of the molecule is Cc1ccc(CC(NC(=O)NCCc2cccc(/C=C(\C#N)c3ccc(C(F)(F)F)cn3)c2)B(O)O)cc1. The predicted octanol–water partition coefficient (Wildman–Crippen LogP) is 3.94. The van der Waals surface area contributed by atoms with Gasteiger partial charge in [0.2, 0.25) is 0 Å². The number of nitrogens with zero attached hydrogens (tertiary/aromatic N) is 2. The number of rotatable bonds is 9. The van der Waals surface area contributed by atoms with Gasteiger partial charge in [0.1, 0.15) is 6.07 Å². The van der Waals surface area contributed by atoms with Gasteiger partial charge in [0.25, 0.3) is 0 Å². The van der Waals surface area contributed by atoms with Crippen molar-refractivity contribution < 1.29 is 28.0 Å². The fraction of sp³-hybridized carbons (Fsp3) is 0.222. The number of carbonyl (C=O) groups excluding carboxylic acids is 1. The van der Waals surface area contributed by atoms with E-state index in [0.717, 1.165) is 28.8 Å². The number of nitrogens with one attached hydrogen (secondary N) is 2. The first kappa shape index (κ1) is 28.4. The molecule has 0 saturated heterocycles. The van der Waals surface area contributed by atoms with E-state index < -0.39 is 30.8 Å². The molecule has 2 aromatic carbocycles. The summed E-state index contributed by atoms with van der Waals surface area (Å²) >= 11 is 0. The zero-order valence-electron chi connectivity index (χ0n) is 20.5. The van der Waals surface area contributed by atoms with Gasteiger partial charge in [0.05, 0.1) is 22.8 Å². The predicted molar refractivity (Wildman–Crippen MR) is 138 cm³/mol. The Morgan fingerprint density at radius 1 is 1.13 bits per heavy atom. The molecule has 2 amide bonds. The number of hydrogen-bond donors (Lipinski definition) is 4. The van der Waals surface area contributed by atoms with E-state index in [2.05, 4.69) is 15.6 Å². The van der Waals surface area contributed by atoms with Crippen LogP contribution in [0.4, 0.5) is 18.0 Å².